The molecule has 0 saturated carbocycles. The maximum absolute atomic E-state index is 5.67. The molecule has 0 saturated heterocycles. The van der Waals surface area contributed by atoms with E-state index in [1.165, 1.54) is 5.56 Å². The van der Waals surface area contributed by atoms with Gasteiger partial charge in [0, 0.05) is 24.4 Å². The van der Waals surface area contributed by atoms with Gasteiger partial charge in [0.15, 0.2) is 0 Å². The smallest absolute Gasteiger partial charge is 0.119 e. The molecule has 2 nitrogen and oxygen atoms in total. The van der Waals surface area contributed by atoms with Crippen LogP contribution in [0.1, 0.15) is 11.1 Å². The molecule has 0 fully saturated rings. The fraction of sp³-hybridized carbons (Fsp3) is 0.188. The van der Waals surface area contributed by atoms with Crippen LogP contribution >= 0.6 is 11.6 Å². The SMILES string of the molecule is ClCC#Cc1ccc(OCCc2ccncc2)cc1. The van der Waals surface area contributed by atoms with Crippen molar-refractivity contribution in [2.75, 3.05) is 12.5 Å². The van der Waals surface area contributed by atoms with Crippen molar-refractivity contribution in [2.24, 2.45) is 0 Å². The fourth-order valence-corrected chi connectivity index (χ4v) is 1.67. The molecule has 0 spiro atoms. The van der Waals surface area contributed by atoms with Crippen molar-refractivity contribution < 1.29 is 4.74 Å². The molecule has 19 heavy (non-hydrogen) atoms. The van der Waals surface area contributed by atoms with Crippen LogP contribution in [0.3, 0.4) is 0 Å². The second kappa shape index (κ2) is 7.45. The molecule has 1 aromatic heterocycles. The summed E-state index contributed by atoms with van der Waals surface area (Å²) >= 11 is 5.51. The zero-order valence-electron chi connectivity index (χ0n) is 10.5. The lowest BCUT2D eigenvalue weighted by Gasteiger charge is -2.06. The molecule has 1 heterocycles. The number of alkyl halides is 1. The molecule has 3 heteroatoms. The zero-order valence-corrected chi connectivity index (χ0v) is 11.2. The number of rotatable bonds is 4. The first-order valence-electron chi connectivity index (χ1n) is 6.05. The summed E-state index contributed by atoms with van der Waals surface area (Å²) < 4.78 is 5.67. The van der Waals surface area contributed by atoms with Crippen LogP contribution in [-0.2, 0) is 6.42 Å². The summed E-state index contributed by atoms with van der Waals surface area (Å²) in [6, 6.07) is 11.7. The zero-order chi connectivity index (χ0) is 13.3. The molecule has 0 unspecified atom stereocenters. The van der Waals surface area contributed by atoms with Gasteiger partial charge in [-0.25, -0.2) is 0 Å². The molecule has 0 N–H and O–H groups in total. The van der Waals surface area contributed by atoms with Gasteiger partial charge < -0.3 is 4.74 Å². The lowest BCUT2D eigenvalue weighted by molar-refractivity contribution is 0.322. The van der Waals surface area contributed by atoms with Gasteiger partial charge in [-0.15, -0.1) is 11.6 Å². The van der Waals surface area contributed by atoms with E-state index in [1.54, 1.807) is 12.4 Å². The Balaban J connectivity index is 1.83. The van der Waals surface area contributed by atoms with Gasteiger partial charge in [-0.2, -0.15) is 0 Å². The molecular weight excluding hydrogens is 258 g/mol. The number of hydrogen-bond donors (Lipinski definition) is 0. The van der Waals surface area contributed by atoms with Crippen LogP contribution in [0.15, 0.2) is 48.8 Å². The topological polar surface area (TPSA) is 22.1 Å². The van der Waals surface area contributed by atoms with E-state index in [2.05, 4.69) is 16.8 Å². The maximum atomic E-state index is 5.67. The Bertz CT molecular complexity index is 555. The first-order chi connectivity index (χ1) is 9.38. The van der Waals surface area contributed by atoms with Crippen LogP contribution in [0.25, 0.3) is 0 Å². The second-order valence-electron chi connectivity index (χ2n) is 3.91. The number of nitrogens with zero attached hydrogens (tertiary/aromatic N) is 1. The van der Waals surface area contributed by atoms with Crippen molar-refractivity contribution in [3.05, 3.63) is 59.9 Å². The summed E-state index contributed by atoms with van der Waals surface area (Å²) in [5.74, 6) is 6.98. The summed E-state index contributed by atoms with van der Waals surface area (Å²) in [6.07, 6.45) is 4.45. The van der Waals surface area contributed by atoms with Crippen molar-refractivity contribution >= 4 is 11.6 Å². The van der Waals surface area contributed by atoms with Gasteiger partial charge in [-0.3, -0.25) is 4.98 Å². The van der Waals surface area contributed by atoms with Gasteiger partial charge in [0.05, 0.1) is 12.5 Å². The summed E-state index contributed by atoms with van der Waals surface area (Å²) in [5, 5.41) is 0. The van der Waals surface area contributed by atoms with Crippen LogP contribution in [-0.4, -0.2) is 17.5 Å². The highest BCUT2D eigenvalue weighted by molar-refractivity contribution is 6.19. The quantitative estimate of drug-likeness (QED) is 0.629. The largest absolute Gasteiger partial charge is 0.493 e. The summed E-state index contributed by atoms with van der Waals surface area (Å²) in [7, 11) is 0. The van der Waals surface area contributed by atoms with Crippen molar-refractivity contribution in [3.8, 4) is 17.6 Å². The minimum absolute atomic E-state index is 0.351. The Morgan fingerprint density at radius 1 is 1.05 bits per heavy atom. The monoisotopic (exact) mass is 271 g/mol. The van der Waals surface area contributed by atoms with Gasteiger partial charge in [0.1, 0.15) is 5.75 Å². The van der Waals surface area contributed by atoms with Crippen LogP contribution in [0, 0.1) is 11.8 Å². The Morgan fingerprint density at radius 3 is 2.47 bits per heavy atom. The molecule has 0 atom stereocenters. The van der Waals surface area contributed by atoms with E-state index in [4.69, 9.17) is 16.3 Å². The Hall–Kier alpha value is -1.98. The highest BCUT2D eigenvalue weighted by Crippen LogP contribution is 2.12. The van der Waals surface area contributed by atoms with Crippen LogP contribution in [0.5, 0.6) is 5.75 Å². The lowest BCUT2D eigenvalue weighted by atomic mass is 10.2. The Morgan fingerprint density at radius 2 is 1.79 bits per heavy atom. The van der Waals surface area contributed by atoms with Gasteiger partial charge in [0.2, 0.25) is 0 Å². The molecule has 2 aromatic rings. The van der Waals surface area contributed by atoms with Crippen LogP contribution in [0.2, 0.25) is 0 Å². The molecule has 96 valence electrons. The summed E-state index contributed by atoms with van der Waals surface area (Å²) in [5.41, 5.74) is 2.17. The highest BCUT2D eigenvalue weighted by atomic mass is 35.5. The average molecular weight is 272 g/mol. The molecule has 2 rings (SSSR count). The van der Waals surface area contributed by atoms with Crippen molar-refractivity contribution in [3.63, 3.8) is 0 Å². The maximum Gasteiger partial charge on any atom is 0.119 e. The van der Waals surface area contributed by atoms with Gasteiger partial charge in [0.25, 0.3) is 0 Å². The normalized spacial score (nSPS) is 9.53. The van der Waals surface area contributed by atoms with Gasteiger partial charge >= 0.3 is 0 Å². The Labute approximate surface area is 118 Å². The highest BCUT2D eigenvalue weighted by Gasteiger charge is 1.95. The minimum Gasteiger partial charge on any atom is -0.493 e. The number of pyridine rings is 1. The molecule has 0 radical (unpaired) electrons. The van der Waals surface area contributed by atoms with Crippen LogP contribution < -0.4 is 4.74 Å². The third-order valence-electron chi connectivity index (χ3n) is 2.56. The summed E-state index contributed by atoms with van der Waals surface area (Å²) in [4.78, 5) is 3.98. The molecule has 0 amide bonds. The van der Waals surface area contributed by atoms with E-state index in [9.17, 15) is 0 Å². The summed E-state index contributed by atoms with van der Waals surface area (Å²) in [6.45, 7) is 0.650. The Kier molecular flexibility index (Phi) is 5.28. The minimum atomic E-state index is 0.351. The van der Waals surface area contributed by atoms with Crippen LogP contribution in [0.4, 0.5) is 0 Å². The number of benzene rings is 1. The molecular formula is C16H14ClNO. The lowest BCUT2D eigenvalue weighted by Crippen LogP contribution is -2.01. The van der Waals surface area contributed by atoms with E-state index < -0.39 is 0 Å². The standard InChI is InChI=1S/C16H14ClNO/c17-10-1-2-14-3-5-16(6-4-14)19-13-9-15-7-11-18-12-8-15/h3-8,11-12H,9-10,13H2. The number of aromatic nitrogens is 1. The number of hydrogen-bond acceptors (Lipinski definition) is 2. The van der Waals surface area contributed by atoms with Gasteiger partial charge in [-0.05, 0) is 42.0 Å². The van der Waals surface area contributed by atoms with E-state index in [0.717, 1.165) is 17.7 Å². The number of ether oxygens (including phenoxy) is 1. The third-order valence-corrected chi connectivity index (χ3v) is 2.70. The molecule has 0 bridgehead atoms. The van der Waals surface area contributed by atoms with Crippen molar-refractivity contribution in [2.45, 2.75) is 6.42 Å². The third kappa shape index (κ3) is 4.65. The molecule has 0 aliphatic carbocycles. The van der Waals surface area contributed by atoms with E-state index >= 15 is 0 Å². The van der Waals surface area contributed by atoms with Crippen molar-refractivity contribution in [1.29, 1.82) is 0 Å². The molecule has 0 aliphatic heterocycles. The molecule has 0 aliphatic rings. The van der Waals surface area contributed by atoms with E-state index in [-0.39, 0.29) is 0 Å². The first kappa shape index (κ1) is 13.5. The predicted molar refractivity (Wildman–Crippen MR) is 77.5 cm³/mol. The van der Waals surface area contributed by atoms with E-state index in [0.29, 0.717) is 12.5 Å². The predicted octanol–water partition coefficient (Wildman–Crippen LogP) is 3.29. The average Bonchev–Trinajstić information content (AvgIpc) is 2.47. The first-order valence-corrected chi connectivity index (χ1v) is 6.58. The van der Waals surface area contributed by atoms with Crippen molar-refractivity contribution in [1.82, 2.24) is 4.98 Å². The van der Waals surface area contributed by atoms with Gasteiger partial charge in [-0.1, -0.05) is 11.8 Å². The fourth-order valence-electron chi connectivity index (χ4n) is 1.61. The van der Waals surface area contributed by atoms with E-state index in [1.807, 2.05) is 36.4 Å². The number of halogens is 1. The second-order valence-corrected chi connectivity index (χ2v) is 4.18. The molecule has 1 aromatic carbocycles.